The lowest BCUT2D eigenvalue weighted by Crippen LogP contribution is -2.32. The first kappa shape index (κ1) is 13.6. The van der Waals surface area contributed by atoms with Crippen LogP contribution in [0.5, 0.6) is 0 Å². The third kappa shape index (κ3) is 3.56. The molecule has 0 aromatic heterocycles. The molecule has 18 heavy (non-hydrogen) atoms. The van der Waals surface area contributed by atoms with Crippen LogP contribution in [0.1, 0.15) is 42.4 Å². The van der Waals surface area contributed by atoms with Crippen molar-refractivity contribution in [1.82, 2.24) is 5.32 Å². The molecule has 1 N–H and O–H groups in total. The minimum Gasteiger partial charge on any atom is -0.374 e. The number of hydrogen-bond donors (Lipinski definition) is 1. The van der Waals surface area contributed by atoms with Crippen molar-refractivity contribution in [2.75, 3.05) is 7.05 Å². The molecule has 2 rings (SSSR count). The SMILES string of the molecule is CNC1CCC(OCc2cc(C)ccc2C)CC1. The molecule has 1 aliphatic carbocycles. The van der Waals surface area contributed by atoms with Crippen LogP contribution in [0.4, 0.5) is 0 Å². The van der Waals surface area contributed by atoms with Crippen molar-refractivity contribution in [3.05, 3.63) is 34.9 Å². The molecule has 0 bridgehead atoms. The molecule has 0 atom stereocenters. The molecule has 0 spiro atoms. The first-order valence-corrected chi connectivity index (χ1v) is 7.04. The van der Waals surface area contributed by atoms with Gasteiger partial charge in [-0.05, 0) is 57.7 Å². The van der Waals surface area contributed by atoms with Crippen LogP contribution in [0.2, 0.25) is 0 Å². The highest BCUT2D eigenvalue weighted by molar-refractivity contribution is 5.29. The average molecular weight is 247 g/mol. The summed E-state index contributed by atoms with van der Waals surface area (Å²) >= 11 is 0. The second-order valence-corrected chi connectivity index (χ2v) is 5.50. The standard InChI is InChI=1S/C16H25NO/c1-12-4-5-13(2)14(10-12)11-18-16-8-6-15(17-3)7-9-16/h4-5,10,15-17H,6-9,11H2,1-3H3. The molecule has 0 saturated heterocycles. The van der Waals surface area contributed by atoms with Gasteiger partial charge in [-0.25, -0.2) is 0 Å². The van der Waals surface area contributed by atoms with E-state index in [0.29, 0.717) is 12.1 Å². The van der Waals surface area contributed by atoms with Crippen LogP contribution in [0.25, 0.3) is 0 Å². The Balaban J connectivity index is 1.83. The molecule has 0 aliphatic heterocycles. The predicted octanol–water partition coefficient (Wildman–Crippen LogP) is 3.35. The van der Waals surface area contributed by atoms with Crippen molar-refractivity contribution < 1.29 is 4.74 Å². The quantitative estimate of drug-likeness (QED) is 0.881. The third-order valence-electron chi connectivity index (χ3n) is 4.06. The lowest BCUT2D eigenvalue weighted by atomic mass is 9.93. The predicted molar refractivity (Wildman–Crippen MR) is 75.8 cm³/mol. The molecule has 100 valence electrons. The second kappa shape index (κ2) is 6.35. The van der Waals surface area contributed by atoms with Crippen LogP contribution in [-0.2, 0) is 11.3 Å². The van der Waals surface area contributed by atoms with Crippen LogP contribution in [-0.4, -0.2) is 19.2 Å². The van der Waals surface area contributed by atoms with Gasteiger partial charge >= 0.3 is 0 Å². The Labute approximate surface area is 111 Å². The van der Waals surface area contributed by atoms with E-state index >= 15 is 0 Å². The molecule has 0 unspecified atom stereocenters. The van der Waals surface area contributed by atoms with Gasteiger partial charge in [0.05, 0.1) is 12.7 Å². The van der Waals surface area contributed by atoms with Gasteiger partial charge in [-0.2, -0.15) is 0 Å². The van der Waals surface area contributed by atoms with Gasteiger partial charge in [-0.15, -0.1) is 0 Å². The van der Waals surface area contributed by atoms with Gasteiger partial charge in [0.25, 0.3) is 0 Å². The maximum Gasteiger partial charge on any atom is 0.0723 e. The fourth-order valence-corrected chi connectivity index (χ4v) is 2.68. The summed E-state index contributed by atoms with van der Waals surface area (Å²) < 4.78 is 6.07. The minimum absolute atomic E-state index is 0.453. The largest absolute Gasteiger partial charge is 0.374 e. The molecule has 0 heterocycles. The van der Waals surface area contributed by atoms with Crippen LogP contribution in [0.15, 0.2) is 18.2 Å². The van der Waals surface area contributed by atoms with Crippen LogP contribution in [0, 0.1) is 13.8 Å². The van der Waals surface area contributed by atoms with Crippen LogP contribution in [0.3, 0.4) is 0 Å². The van der Waals surface area contributed by atoms with Gasteiger partial charge in [-0.3, -0.25) is 0 Å². The zero-order valence-corrected chi connectivity index (χ0v) is 11.8. The summed E-state index contributed by atoms with van der Waals surface area (Å²) in [6.45, 7) is 5.07. The zero-order chi connectivity index (χ0) is 13.0. The minimum atomic E-state index is 0.453. The summed E-state index contributed by atoms with van der Waals surface area (Å²) in [6, 6.07) is 7.29. The molecule has 1 aromatic rings. The monoisotopic (exact) mass is 247 g/mol. The Kier molecular flexibility index (Phi) is 4.79. The number of benzene rings is 1. The Morgan fingerprint density at radius 3 is 2.56 bits per heavy atom. The number of aryl methyl sites for hydroxylation is 2. The van der Waals surface area contributed by atoms with Crippen LogP contribution < -0.4 is 5.32 Å². The maximum atomic E-state index is 6.07. The molecule has 0 amide bonds. The Bertz CT molecular complexity index is 381. The number of rotatable bonds is 4. The fraction of sp³-hybridized carbons (Fsp3) is 0.625. The second-order valence-electron chi connectivity index (χ2n) is 5.50. The Morgan fingerprint density at radius 1 is 1.17 bits per heavy atom. The normalized spacial score (nSPS) is 24.2. The van der Waals surface area contributed by atoms with E-state index in [9.17, 15) is 0 Å². The molecule has 1 fully saturated rings. The number of nitrogens with one attached hydrogen (secondary N) is 1. The summed E-state index contributed by atoms with van der Waals surface area (Å²) in [6.07, 6.45) is 5.32. The molecular weight excluding hydrogens is 222 g/mol. The lowest BCUT2D eigenvalue weighted by Gasteiger charge is -2.28. The number of hydrogen-bond acceptors (Lipinski definition) is 2. The lowest BCUT2D eigenvalue weighted by molar-refractivity contribution is 0.0116. The summed E-state index contributed by atoms with van der Waals surface area (Å²) in [5.74, 6) is 0. The van der Waals surface area contributed by atoms with E-state index in [4.69, 9.17) is 4.74 Å². The highest BCUT2D eigenvalue weighted by Crippen LogP contribution is 2.22. The Hall–Kier alpha value is -0.860. The highest BCUT2D eigenvalue weighted by atomic mass is 16.5. The Morgan fingerprint density at radius 2 is 1.89 bits per heavy atom. The van der Waals surface area contributed by atoms with E-state index in [1.165, 1.54) is 42.4 Å². The van der Waals surface area contributed by atoms with E-state index in [1.807, 2.05) is 0 Å². The molecule has 2 nitrogen and oxygen atoms in total. The van der Waals surface area contributed by atoms with Gasteiger partial charge in [0, 0.05) is 6.04 Å². The van der Waals surface area contributed by atoms with E-state index in [1.54, 1.807) is 0 Å². The topological polar surface area (TPSA) is 21.3 Å². The molecule has 1 aliphatic rings. The van der Waals surface area contributed by atoms with Gasteiger partial charge in [0.15, 0.2) is 0 Å². The van der Waals surface area contributed by atoms with Gasteiger partial charge < -0.3 is 10.1 Å². The van der Waals surface area contributed by atoms with E-state index in [2.05, 4.69) is 44.4 Å². The summed E-state index contributed by atoms with van der Waals surface area (Å²) in [4.78, 5) is 0. The van der Waals surface area contributed by atoms with E-state index in [-0.39, 0.29) is 0 Å². The maximum absolute atomic E-state index is 6.07. The zero-order valence-electron chi connectivity index (χ0n) is 11.8. The van der Waals surface area contributed by atoms with E-state index in [0.717, 1.165) is 6.61 Å². The van der Waals surface area contributed by atoms with Crippen molar-refractivity contribution in [2.24, 2.45) is 0 Å². The highest BCUT2D eigenvalue weighted by Gasteiger charge is 2.20. The fourth-order valence-electron chi connectivity index (χ4n) is 2.68. The first-order valence-electron chi connectivity index (χ1n) is 7.04. The van der Waals surface area contributed by atoms with Crippen molar-refractivity contribution in [3.63, 3.8) is 0 Å². The van der Waals surface area contributed by atoms with Crippen molar-refractivity contribution >= 4 is 0 Å². The molecular formula is C16H25NO. The summed E-state index contributed by atoms with van der Waals surface area (Å²) in [7, 11) is 2.06. The van der Waals surface area contributed by atoms with Crippen LogP contribution >= 0.6 is 0 Å². The molecule has 1 saturated carbocycles. The average Bonchev–Trinajstić information content (AvgIpc) is 2.40. The third-order valence-corrected chi connectivity index (χ3v) is 4.06. The van der Waals surface area contributed by atoms with Gasteiger partial charge in [-0.1, -0.05) is 23.8 Å². The summed E-state index contributed by atoms with van der Waals surface area (Å²) in [5, 5.41) is 3.36. The first-order chi connectivity index (χ1) is 8.69. The van der Waals surface area contributed by atoms with Crippen molar-refractivity contribution in [1.29, 1.82) is 0 Å². The van der Waals surface area contributed by atoms with Crippen molar-refractivity contribution in [3.8, 4) is 0 Å². The molecule has 0 radical (unpaired) electrons. The van der Waals surface area contributed by atoms with E-state index < -0.39 is 0 Å². The number of ether oxygens (including phenoxy) is 1. The molecule has 2 heteroatoms. The van der Waals surface area contributed by atoms with Gasteiger partial charge in [0.1, 0.15) is 0 Å². The van der Waals surface area contributed by atoms with Crippen molar-refractivity contribution in [2.45, 2.75) is 58.3 Å². The summed E-state index contributed by atoms with van der Waals surface area (Å²) in [5.41, 5.74) is 3.99. The smallest absolute Gasteiger partial charge is 0.0723 e. The van der Waals surface area contributed by atoms with Gasteiger partial charge in [0.2, 0.25) is 0 Å². The molecule has 1 aromatic carbocycles.